The quantitative estimate of drug-likeness (QED) is 0.584. The van der Waals surface area contributed by atoms with Crippen molar-refractivity contribution >= 4 is 18.3 Å². The first-order valence-electron chi connectivity index (χ1n) is 8.88. The predicted molar refractivity (Wildman–Crippen MR) is 106 cm³/mol. The van der Waals surface area contributed by atoms with Gasteiger partial charge in [-0.1, -0.05) is 35.5 Å². The summed E-state index contributed by atoms with van der Waals surface area (Å²) in [6, 6.07) is 11.6. The second-order valence-corrected chi connectivity index (χ2v) is 6.03. The second kappa shape index (κ2) is 11.1. The first-order valence-corrected chi connectivity index (χ1v) is 8.88. The Morgan fingerprint density at radius 2 is 1.82 bits per heavy atom. The first-order chi connectivity index (χ1) is 13.3. The molecule has 0 spiro atoms. The van der Waals surface area contributed by atoms with Gasteiger partial charge in [-0.2, -0.15) is 4.98 Å². The van der Waals surface area contributed by atoms with Gasteiger partial charge in [0.25, 0.3) is 0 Å². The zero-order valence-corrected chi connectivity index (χ0v) is 16.2. The molecule has 3 rings (SSSR count). The number of nitrogens with zero attached hydrogens (tertiary/aromatic N) is 5. The summed E-state index contributed by atoms with van der Waals surface area (Å²) in [5.41, 5.74) is 6.70. The molecule has 9 heteroatoms. The van der Waals surface area contributed by atoms with Crippen LogP contribution in [0, 0.1) is 0 Å². The van der Waals surface area contributed by atoms with Crippen LogP contribution < -0.4 is 5.73 Å². The molecule has 3 aromatic rings. The monoisotopic (exact) mass is 402 g/mol. The summed E-state index contributed by atoms with van der Waals surface area (Å²) in [6.07, 6.45) is 4.64. The van der Waals surface area contributed by atoms with Gasteiger partial charge in [0.15, 0.2) is 0 Å². The lowest BCUT2D eigenvalue weighted by Crippen LogP contribution is -2.32. The van der Waals surface area contributed by atoms with Crippen LogP contribution in [-0.4, -0.2) is 44.0 Å². The average molecular weight is 403 g/mol. The molecule has 2 aromatic heterocycles. The molecule has 1 amide bonds. The summed E-state index contributed by atoms with van der Waals surface area (Å²) in [6.45, 7) is 1.73. The van der Waals surface area contributed by atoms with Gasteiger partial charge in [-0.3, -0.25) is 4.79 Å². The fourth-order valence-electron chi connectivity index (χ4n) is 2.61. The van der Waals surface area contributed by atoms with Crippen molar-refractivity contribution in [3.63, 3.8) is 0 Å². The maximum atomic E-state index is 12.7. The molecule has 8 nitrogen and oxygen atoms in total. The van der Waals surface area contributed by atoms with Crippen LogP contribution in [0.25, 0.3) is 11.6 Å². The highest BCUT2D eigenvalue weighted by atomic mass is 35.5. The van der Waals surface area contributed by atoms with Crippen LogP contribution in [-0.2, 0) is 17.8 Å². The number of amides is 1. The summed E-state index contributed by atoms with van der Waals surface area (Å²) < 4.78 is 5.22. The number of hydrogen-bond acceptors (Lipinski definition) is 7. The third kappa shape index (κ3) is 6.11. The summed E-state index contributed by atoms with van der Waals surface area (Å²) >= 11 is 0. The average Bonchev–Trinajstić information content (AvgIpc) is 3.20. The minimum atomic E-state index is 0. The number of carbonyl (C=O) groups is 1. The predicted octanol–water partition coefficient (Wildman–Crippen LogP) is 2.26. The highest BCUT2D eigenvalue weighted by Gasteiger charge is 2.16. The zero-order valence-electron chi connectivity index (χ0n) is 15.4. The Balaban J connectivity index is 0.00000280. The molecular formula is C19H23ClN6O2. The molecule has 0 aliphatic heterocycles. The van der Waals surface area contributed by atoms with Crippen molar-refractivity contribution < 1.29 is 9.32 Å². The van der Waals surface area contributed by atoms with Gasteiger partial charge in [0.1, 0.15) is 0 Å². The molecule has 28 heavy (non-hydrogen) atoms. The maximum absolute atomic E-state index is 12.7. The summed E-state index contributed by atoms with van der Waals surface area (Å²) in [7, 11) is 0. The van der Waals surface area contributed by atoms with Gasteiger partial charge in [0, 0.05) is 38.3 Å². The molecule has 0 fully saturated rings. The van der Waals surface area contributed by atoms with Crippen LogP contribution >= 0.6 is 12.4 Å². The van der Waals surface area contributed by atoms with E-state index < -0.39 is 0 Å². The van der Waals surface area contributed by atoms with Crippen LogP contribution in [0.4, 0.5) is 0 Å². The lowest BCUT2D eigenvalue weighted by molar-refractivity contribution is -0.131. The SMILES string of the molecule is Cl.NCCCN(Cc1ccccc1)C(=O)CCc1nc(-c2ncccn2)no1. The van der Waals surface area contributed by atoms with Crippen LogP contribution in [0.5, 0.6) is 0 Å². The molecule has 0 bridgehead atoms. The molecular weight excluding hydrogens is 380 g/mol. The van der Waals surface area contributed by atoms with E-state index in [-0.39, 0.29) is 24.7 Å². The van der Waals surface area contributed by atoms with Crippen molar-refractivity contribution in [3.05, 3.63) is 60.2 Å². The summed E-state index contributed by atoms with van der Waals surface area (Å²) in [5.74, 6) is 1.14. The number of rotatable bonds is 9. The molecule has 2 N–H and O–H groups in total. The van der Waals surface area contributed by atoms with E-state index in [1.54, 1.807) is 18.5 Å². The van der Waals surface area contributed by atoms with Gasteiger partial charge in [-0.15, -0.1) is 12.4 Å². The van der Waals surface area contributed by atoms with Crippen LogP contribution in [0.2, 0.25) is 0 Å². The maximum Gasteiger partial charge on any atom is 0.240 e. The lowest BCUT2D eigenvalue weighted by atomic mass is 10.2. The van der Waals surface area contributed by atoms with Crippen LogP contribution in [0.15, 0.2) is 53.3 Å². The molecule has 148 valence electrons. The van der Waals surface area contributed by atoms with E-state index in [0.717, 1.165) is 12.0 Å². The van der Waals surface area contributed by atoms with Crippen molar-refractivity contribution in [1.29, 1.82) is 0 Å². The highest BCUT2D eigenvalue weighted by Crippen LogP contribution is 2.12. The Kier molecular flexibility index (Phi) is 8.51. The van der Waals surface area contributed by atoms with Crippen LogP contribution in [0.3, 0.4) is 0 Å². The van der Waals surface area contributed by atoms with E-state index in [1.807, 2.05) is 35.2 Å². The van der Waals surface area contributed by atoms with Gasteiger partial charge < -0.3 is 15.2 Å². The number of aryl methyl sites for hydroxylation is 1. The topological polar surface area (TPSA) is 111 Å². The number of halogens is 1. The second-order valence-electron chi connectivity index (χ2n) is 6.03. The smallest absolute Gasteiger partial charge is 0.240 e. The standard InChI is InChI=1S/C19H22N6O2.ClH/c20-10-4-13-25(14-15-6-2-1-3-7-15)17(26)9-8-16-23-19(24-27-16)18-21-11-5-12-22-18;/h1-3,5-7,11-12H,4,8-10,13-14,20H2;1H. The van der Waals surface area contributed by atoms with E-state index in [2.05, 4.69) is 20.1 Å². The number of hydrogen-bond donors (Lipinski definition) is 1. The first kappa shape index (κ1) is 21.5. The zero-order chi connectivity index (χ0) is 18.9. The van der Waals surface area contributed by atoms with Gasteiger partial charge in [-0.05, 0) is 24.6 Å². The fourth-order valence-corrected chi connectivity index (χ4v) is 2.61. The van der Waals surface area contributed by atoms with Gasteiger partial charge in [0.2, 0.25) is 23.4 Å². The number of nitrogens with two attached hydrogens (primary N) is 1. The largest absolute Gasteiger partial charge is 0.339 e. The Bertz CT molecular complexity index is 844. The van der Waals surface area contributed by atoms with E-state index >= 15 is 0 Å². The summed E-state index contributed by atoms with van der Waals surface area (Å²) in [5, 5.41) is 3.87. The molecule has 0 saturated carbocycles. The Labute approximate surface area is 169 Å². The molecule has 0 unspecified atom stereocenters. The molecule has 2 heterocycles. The third-order valence-electron chi connectivity index (χ3n) is 3.99. The molecule has 0 atom stereocenters. The fraction of sp³-hybridized carbons (Fsp3) is 0.316. The van der Waals surface area contributed by atoms with Gasteiger partial charge in [0.05, 0.1) is 0 Å². The van der Waals surface area contributed by atoms with Crippen molar-refractivity contribution in [2.24, 2.45) is 5.73 Å². The van der Waals surface area contributed by atoms with Crippen molar-refractivity contribution in [1.82, 2.24) is 25.0 Å². The molecule has 0 aliphatic rings. The molecule has 0 radical (unpaired) electrons. The molecule has 0 aliphatic carbocycles. The van der Waals surface area contributed by atoms with E-state index in [9.17, 15) is 4.79 Å². The molecule has 1 aromatic carbocycles. The van der Waals surface area contributed by atoms with Crippen molar-refractivity contribution in [2.45, 2.75) is 25.8 Å². The lowest BCUT2D eigenvalue weighted by Gasteiger charge is -2.22. The highest BCUT2D eigenvalue weighted by molar-refractivity contribution is 5.85. The number of carbonyl (C=O) groups excluding carboxylic acids is 1. The molecule has 0 saturated heterocycles. The van der Waals surface area contributed by atoms with Crippen molar-refractivity contribution in [2.75, 3.05) is 13.1 Å². The van der Waals surface area contributed by atoms with Gasteiger partial charge >= 0.3 is 0 Å². The summed E-state index contributed by atoms with van der Waals surface area (Å²) in [4.78, 5) is 26.9. The Morgan fingerprint density at radius 3 is 2.54 bits per heavy atom. The van der Waals surface area contributed by atoms with Crippen LogP contribution in [0.1, 0.15) is 24.3 Å². The number of aromatic nitrogens is 4. The van der Waals surface area contributed by atoms with Crippen molar-refractivity contribution in [3.8, 4) is 11.6 Å². The Morgan fingerprint density at radius 1 is 1.07 bits per heavy atom. The minimum absolute atomic E-state index is 0. The Hall–Kier alpha value is -2.84. The van der Waals surface area contributed by atoms with E-state index in [0.29, 0.717) is 43.6 Å². The normalized spacial score (nSPS) is 10.3. The van der Waals surface area contributed by atoms with Gasteiger partial charge in [-0.25, -0.2) is 9.97 Å². The minimum Gasteiger partial charge on any atom is -0.339 e. The van der Waals surface area contributed by atoms with E-state index in [4.69, 9.17) is 10.3 Å². The van der Waals surface area contributed by atoms with E-state index in [1.165, 1.54) is 0 Å². The third-order valence-corrected chi connectivity index (χ3v) is 3.99. The number of benzene rings is 1.